The monoisotopic (exact) mass is 272 g/mol. The van der Waals surface area contributed by atoms with Crippen molar-refractivity contribution in [1.29, 1.82) is 0 Å². The molecular formula is C9H10Cl2N6. The van der Waals surface area contributed by atoms with Gasteiger partial charge in [-0.25, -0.2) is 4.98 Å². The Balaban J connectivity index is 1.78. The molecule has 8 heteroatoms. The van der Waals surface area contributed by atoms with Crippen molar-refractivity contribution in [3.63, 3.8) is 0 Å². The smallest absolute Gasteiger partial charge is 0.228 e. The Morgan fingerprint density at radius 1 is 1.18 bits per heavy atom. The van der Waals surface area contributed by atoms with Crippen LogP contribution < -0.4 is 5.32 Å². The number of nitrogens with zero attached hydrogens (tertiary/aromatic N) is 5. The van der Waals surface area contributed by atoms with E-state index in [1.807, 2.05) is 10.8 Å². The highest BCUT2D eigenvalue weighted by molar-refractivity contribution is 6.31. The molecule has 0 aliphatic rings. The summed E-state index contributed by atoms with van der Waals surface area (Å²) in [6.45, 7) is 1.59. The van der Waals surface area contributed by atoms with Crippen molar-refractivity contribution >= 4 is 29.2 Å². The molecule has 0 aliphatic heterocycles. The quantitative estimate of drug-likeness (QED) is 0.842. The third kappa shape index (κ3) is 3.83. The predicted octanol–water partition coefficient (Wildman–Crippen LogP) is 1.88. The number of imidazole rings is 1. The zero-order chi connectivity index (χ0) is 12.1. The molecule has 2 aromatic rings. The van der Waals surface area contributed by atoms with Gasteiger partial charge < -0.3 is 9.88 Å². The minimum absolute atomic E-state index is 0.0853. The molecule has 1 N–H and O–H groups in total. The molecule has 2 heterocycles. The molecule has 0 saturated carbocycles. The number of anilines is 1. The number of aromatic nitrogens is 5. The van der Waals surface area contributed by atoms with Crippen molar-refractivity contribution in [1.82, 2.24) is 24.5 Å². The molecule has 0 atom stereocenters. The number of nitrogens with one attached hydrogen (secondary N) is 1. The molecule has 0 spiro atoms. The summed E-state index contributed by atoms with van der Waals surface area (Å²) in [4.78, 5) is 15.4. The maximum Gasteiger partial charge on any atom is 0.228 e. The van der Waals surface area contributed by atoms with Crippen LogP contribution in [0, 0.1) is 0 Å². The summed E-state index contributed by atoms with van der Waals surface area (Å²) < 4.78 is 2.00. The molecule has 90 valence electrons. The van der Waals surface area contributed by atoms with Crippen molar-refractivity contribution in [2.75, 3.05) is 11.9 Å². The Bertz CT molecular complexity index is 452. The van der Waals surface area contributed by atoms with Gasteiger partial charge in [-0.2, -0.15) is 15.0 Å². The molecular weight excluding hydrogens is 263 g/mol. The zero-order valence-corrected chi connectivity index (χ0v) is 10.4. The van der Waals surface area contributed by atoms with Crippen molar-refractivity contribution in [2.24, 2.45) is 0 Å². The first-order valence-corrected chi connectivity index (χ1v) is 5.76. The Kier molecular flexibility index (Phi) is 4.11. The van der Waals surface area contributed by atoms with Gasteiger partial charge in [0, 0.05) is 25.5 Å². The van der Waals surface area contributed by atoms with E-state index >= 15 is 0 Å². The number of halogens is 2. The molecule has 0 saturated heterocycles. The fourth-order valence-corrected chi connectivity index (χ4v) is 1.65. The van der Waals surface area contributed by atoms with Crippen LogP contribution in [-0.4, -0.2) is 31.0 Å². The second kappa shape index (κ2) is 5.79. The van der Waals surface area contributed by atoms with Crippen molar-refractivity contribution < 1.29 is 0 Å². The van der Waals surface area contributed by atoms with Crippen LogP contribution in [0.25, 0.3) is 0 Å². The highest BCUT2D eigenvalue weighted by Gasteiger charge is 2.01. The maximum absolute atomic E-state index is 5.65. The van der Waals surface area contributed by atoms with Crippen molar-refractivity contribution in [3.8, 4) is 0 Å². The van der Waals surface area contributed by atoms with Gasteiger partial charge in [0.25, 0.3) is 0 Å². The fourth-order valence-electron chi connectivity index (χ4n) is 1.29. The Hall–Kier alpha value is -1.40. The molecule has 0 unspecified atom stereocenters. The van der Waals surface area contributed by atoms with Crippen LogP contribution in [0.4, 0.5) is 5.95 Å². The van der Waals surface area contributed by atoms with Gasteiger partial charge in [0.05, 0.1) is 6.33 Å². The molecule has 0 bridgehead atoms. The van der Waals surface area contributed by atoms with Crippen LogP contribution in [0.3, 0.4) is 0 Å². The third-order valence-electron chi connectivity index (χ3n) is 2.02. The number of hydrogen-bond acceptors (Lipinski definition) is 5. The molecule has 6 nitrogen and oxygen atoms in total. The molecule has 0 aliphatic carbocycles. The van der Waals surface area contributed by atoms with Crippen LogP contribution in [0.1, 0.15) is 6.42 Å². The lowest BCUT2D eigenvalue weighted by atomic mass is 10.4. The lowest BCUT2D eigenvalue weighted by Gasteiger charge is -2.05. The first kappa shape index (κ1) is 12.1. The summed E-state index contributed by atoms with van der Waals surface area (Å²) >= 11 is 11.3. The van der Waals surface area contributed by atoms with E-state index in [4.69, 9.17) is 23.2 Å². The normalized spacial score (nSPS) is 10.5. The average molecular weight is 273 g/mol. The summed E-state index contributed by atoms with van der Waals surface area (Å²) in [5, 5.41) is 3.19. The summed E-state index contributed by atoms with van der Waals surface area (Å²) in [6.07, 6.45) is 6.35. The largest absolute Gasteiger partial charge is 0.354 e. The van der Waals surface area contributed by atoms with Gasteiger partial charge in [0.2, 0.25) is 16.5 Å². The number of aryl methyl sites for hydroxylation is 1. The van der Waals surface area contributed by atoms with Gasteiger partial charge in [0.15, 0.2) is 0 Å². The van der Waals surface area contributed by atoms with E-state index in [9.17, 15) is 0 Å². The van der Waals surface area contributed by atoms with E-state index < -0.39 is 0 Å². The summed E-state index contributed by atoms with van der Waals surface area (Å²) in [5.41, 5.74) is 0. The van der Waals surface area contributed by atoms with Crippen LogP contribution >= 0.6 is 23.2 Å². The minimum Gasteiger partial charge on any atom is -0.354 e. The topological polar surface area (TPSA) is 68.5 Å². The number of hydrogen-bond donors (Lipinski definition) is 1. The van der Waals surface area contributed by atoms with Gasteiger partial charge >= 0.3 is 0 Å². The molecule has 17 heavy (non-hydrogen) atoms. The Morgan fingerprint density at radius 2 is 1.94 bits per heavy atom. The van der Waals surface area contributed by atoms with E-state index in [0.717, 1.165) is 19.5 Å². The highest BCUT2D eigenvalue weighted by Crippen LogP contribution is 2.09. The number of rotatable bonds is 5. The SMILES string of the molecule is Clc1nc(Cl)nc(NCCCn2ccnc2)n1. The summed E-state index contributed by atoms with van der Waals surface area (Å²) in [5.74, 6) is 0.389. The minimum atomic E-state index is 0.0853. The fraction of sp³-hybridized carbons (Fsp3) is 0.333. The molecule has 2 rings (SSSR count). The van der Waals surface area contributed by atoms with Crippen LogP contribution in [0.5, 0.6) is 0 Å². The van der Waals surface area contributed by atoms with E-state index in [1.54, 1.807) is 12.5 Å². The van der Waals surface area contributed by atoms with Crippen LogP contribution in [0.2, 0.25) is 10.6 Å². The molecule has 0 amide bonds. The maximum atomic E-state index is 5.65. The van der Waals surface area contributed by atoms with E-state index in [0.29, 0.717) is 5.95 Å². The highest BCUT2D eigenvalue weighted by atomic mass is 35.5. The lowest BCUT2D eigenvalue weighted by Crippen LogP contribution is -2.09. The molecule has 2 aromatic heterocycles. The van der Waals surface area contributed by atoms with Crippen LogP contribution in [-0.2, 0) is 6.54 Å². The van der Waals surface area contributed by atoms with Gasteiger partial charge in [-0.3, -0.25) is 0 Å². The second-order valence-electron chi connectivity index (χ2n) is 3.28. The van der Waals surface area contributed by atoms with E-state index in [-0.39, 0.29) is 10.6 Å². The first-order chi connectivity index (χ1) is 8.24. The lowest BCUT2D eigenvalue weighted by molar-refractivity contribution is 0.659. The van der Waals surface area contributed by atoms with Crippen molar-refractivity contribution in [3.05, 3.63) is 29.3 Å². The first-order valence-electron chi connectivity index (χ1n) is 5.01. The summed E-state index contributed by atoms with van der Waals surface area (Å²) in [7, 11) is 0. The van der Waals surface area contributed by atoms with E-state index in [1.165, 1.54) is 0 Å². The van der Waals surface area contributed by atoms with Gasteiger partial charge in [-0.15, -0.1) is 0 Å². The molecule has 0 aromatic carbocycles. The van der Waals surface area contributed by atoms with E-state index in [2.05, 4.69) is 25.3 Å². The van der Waals surface area contributed by atoms with Gasteiger partial charge in [-0.05, 0) is 29.6 Å². The third-order valence-corrected chi connectivity index (χ3v) is 2.35. The Labute approximate surface area is 108 Å². The van der Waals surface area contributed by atoms with Gasteiger partial charge in [0.1, 0.15) is 0 Å². The van der Waals surface area contributed by atoms with Crippen LogP contribution in [0.15, 0.2) is 18.7 Å². The molecule has 0 radical (unpaired) electrons. The van der Waals surface area contributed by atoms with Crippen molar-refractivity contribution in [2.45, 2.75) is 13.0 Å². The zero-order valence-electron chi connectivity index (χ0n) is 8.85. The second-order valence-corrected chi connectivity index (χ2v) is 3.95. The summed E-state index contributed by atoms with van der Waals surface area (Å²) in [6, 6.07) is 0. The van der Waals surface area contributed by atoms with Gasteiger partial charge in [-0.1, -0.05) is 0 Å². The standard InChI is InChI=1S/C9H10Cl2N6/c10-7-14-8(11)16-9(15-7)13-2-1-4-17-5-3-12-6-17/h3,5-6H,1-2,4H2,(H,13,14,15,16). The average Bonchev–Trinajstić information content (AvgIpc) is 2.76. The predicted molar refractivity (Wildman–Crippen MR) is 65.2 cm³/mol. The molecule has 0 fully saturated rings. The Morgan fingerprint density at radius 3 is 2.59 bits per heavy atom.